The molecule has 0 aliphatic carbocycles. The Bertz CT molecular complexity index is 1440. The van der Waals surface area contributed by atoms with Crippen LogP contribution >= 0.6 is 0 Å². The summed E-state index contributed by atoms with van der Waals surface area (Å²) < 4.78 is 16.8. The number of H-pyrrole nitrogens is 1. The number of para-hydroxylation sites is 1. The van der Waals surface area contributed by atoms with Gasteiger partial charge in [0.25, 0.3) is 0 Å². The highest BCUT2D eigenvalue weighted by Gasteiger charge is 2.48. The zero-order valence-electron chi connectivity index (χ0n) is 20.2. The maximum absolute atomic E-state index is 13.8. The molecule has 0 radical (unpaired) electrons. The number of rotatable bonds is 6. The first kappa shape index (κ1) is 22.3. The van der Waals surface area contributed by atoms with E-state index in [0.717, 1.165) is 27.7 Å². The highest BCUT2D eigenvalue weighted by Crippen LogP contribution is 2.44. The number of hydrogen-bond acceptors (Lipinski definition) is 5. The summed E-state index contributed by atoms with van der Waals surface area (Å²) in [6.07, 6.45) is 2.02. The van der Waals surface area contributed by atoms with Crippen molar-refractivity contribution in [1.82, 2.24) is 14.8 Å². The number of carbonyl (C=O) groups excluding carboxylic acids is 2. The molecule has 0 bridgehead atoms. The van der Waals surface area contributed by atoms with Crippen LogP contribution in [0.4, 0.5) is 0 Å². The molecule has 36 heavy (non-hydrogen) atoms. The number of hydrogen-bond donors (Lipinski definition) is 1. The van der Waals surface area contributed by atoms with Gasteiger partial charge in [0.05, 0.1) is 32.6 Å². The van der Waals surface area contributed by atoms with Crippen LogP contribution < -0.4 is 9.47 Å². The molecular weight excluding hydrogens is 458 g/mol. The van der Waals surface area contributed by atoms with Gasteiger partial charge in [0, 0.05) is 23.0 Å². The number of aromatic nitrogens is 1. The maximum atomic E-state index is 13.8. The van der Waals surface area contributed by atoms with Gasteiger partial charge in [-0.25, -0.2) is 0 Å². The highest BCUT2D eigenvalue weighted by atomic mass is 16.5. The summed E-state index contributed by atoms with van der Waals surface area (Å²) in [5.74, 6) is 1.70. The van der Waals surface area contributed by atoms with Crippen LogP contribution in [0.25, 0.3) is 10.9 Å². The number of carbonyl (C=O) groups is 2. The number of methoxy groups -OCH3 is 1. The molecule has 2 amide bonds. The Morgan fingerprint density at radius 3 is 2.72 bits per heavy atom. The average molecular weight is 486 g/mol. The molecule has 4 heterocycles. The van der Waals surface area contributed by atoms with Crippen LogP contribution in [0.5, 0.6) is 11.5 Å². The van der Waals surface area contributed by atoms with Crippen LogP contribution in [0.1, 0.15) is 35.5 Å². The van der Waals surface area contributed by atoms with E-state index in [0.29, 0.717) is 30.3 Å². The minimum atomic E-state index is -0.615. The van der Waals surface area contributed by atoms with Crippen molar-refractivity contribution in [2.24, 2.45) is 0 Å². The third-order valence-corrected chi connectivity index (χ3v) is 7.07. The molecule has 0 saturated carbocycles. The van der Waals surface area contributed by atoms with Crippen LogP contribution in [-0.4, -0.2) is 52.9 Å². The lowest BCUT2D eigenvalue weighted by Gasteiger charge is -2.47. The quantitative estimate of drug-likeness (QED) is 0.445. The molecule has 2 aliphatic rings. The number of ether oxygens (including phenoxy) is 2. The second-order valence-corrected chi connectivity index (χ2v) is 9.10. The van der Waals surface area contributed by atoms with Crippen LogP contribution in [0, 0.1) is 0 Å². The monoisotopic (exact) mass is 485 g/mol. The van der Waals surface area contributed by atoms with Crippen LogP contribution in [0.3, 0.4) is 0 Å². The topological polar surface area (TPSA) is 88.0 Å². The molecule has 2 aromatic heterocycles. The van der Waals surface area contributed by atoms with E-state index in [4.69, 9.17) is 13.9 Å². The van der Waals surface area contributed by atoms with E-state index in [-0.39, 0.29) is 24.9 Å². The Balaban J connectivity index is 1.48. The first-order valence-electron chi connectivity index (χ1n) is 12.1. The summed E-state index contributed by atoms with van der Waals surface area (Å²) in [7, 11) is 1.60. The molecule has 2 atom stereocenters. The van der Waals surface area contributed by atoms with Crippen LogP contribution in [0.2, 0.25) is 0 Å². The van der Waals surface area contributed by atoms with E-state index in [9.17, 15) is 9.59 Å². The van der Waals surface area contributed by atoms with Gasteiger partial charge in [-0.3, -0.25) is 9.59 Å². The van der Waals surface area contributed by atoms with Crippen molar-refractivity contribution in [3.8, 4) is 11.5 Å². The summed E-state index contributed by atoms with van der Waals surface area (Å²) in [6.45, 7) is 2.70. The van der Waals surface area contributed by atoms with Crippen molar-refractivity contribution in [1.29, 1.82) is 0 Å². The normalized spacial score (nSPS) is 19.4. The first-order chi connectivity index (χ1) is 17.6. The molecule has 1 fully saturated rings. The van der Waals surface area contributed by atoms with Crippen molar-refractivity contribution in [3.05, 3.63) is 83.4 Å². The number of amides is 2. The fraction of sp³-hybridized carbons (Fsp3) is 0.286. The Morgan fingerprint density at radius 2 is 1.94 bits per heavy atom. The fourth-order valence-electron chi connectivity index (χ4n) is 5.52. The third-order valence-electron chi connectivity index (χ3n) is 7.07. The van der Waals surface area contributed by atoms with Gasteiger partial charge in [-0.1, -0.05) is 24.3 Å². The van der Waals surface area contributed by atoms with Gasteiger partial charge in [0.15, 0.2) is 11.5 Å². The second-order valence-electron chi connectivity index (χ2n) is 9.10. The lowest BCUT2D eigenvalue weighted by molar-refractivity contribution is -0.159. The van der Waals surface area contributed by atoms with E-state index >= 15 is 0 Å². The molecule has 2 aliphatic heterocycles. The minimum Gasteiger partial charge on any atom is -0.493 e. The predicted octanol–water partition coefficient (Wildman–Crippen LogP) is 4.05. The fourth-order valence-corrected chi connectivity index (χ4v) is 5.52. The molecule has 8 heteroatoms. The van der Waals surface area contributed by atoms with Crippen molar-refractivity contribution < 1.29 is 23.5 Å². The molecule has 1 N–H and O–H groups in total. The van der Waals surface area contributed by atoms with Crippen LogP contribution in [-0.2, 0) is 22.6 Å². The summed E-state index contributed by atoms with van der Waals surface area (Å²) in [6, 6.07) is 16.3. The van der Waals surface area contributed by atoms with E-state index < -0.39 is 12.1 Å². The zero-order valence-corrected chi connectivity index (χ0v) is 20.2. The van der Waals surface area contributed by atoms with Gasteiger partial charge >= 0.3 is 0 Å². The Morgan fingerprint density at radius 1 is 1.08 bits per heavy atom. The van der Waals surface area contributed by atoms with E-state index in [2.05, 4.69) is 11.1 Å². The Hall–Kier alpha value is -4.20. The van der Waals surface area contributed by atoms with Gasteiger partial charge < -0.3 is 28.7 Å². The van der Waals surface area contributed by atoms with E-state index in [1.807, 2.05) is 49.4 Å². The number of nitrogens with zero attached hydrogens (tertiary/aromatic N) is 2. The van der Waals surface area contributed by atoms with Crippen molar-refractivity contribution in [2.75, 3.05) is 20.3 Å². The molecule has 8 nitrogen and oxygen atoms in total. The zero-order chi connectivity index (χ0) is 24.8. The summed E-state index contributed by atoms with van der Waals surface area (Å²) >= 11 is 0. The summed E-state index contributed by atoms with van der Waals surface area (Å²) in [4.78, 5) is 34.3. The molecule has 0 unspecified atom stereocenters. The second kappa shape index (κ2) is 8.78. The van der Waals surface area contributed by atoms with E-state index in [1.54, 1.807) is 29.2 Å². The molecule has 0 spiro atoms. The number of benzene rings is 2. The molecule has 4 aromatic rings. The molecule has 1 saturated heterocycles. The Kier molecular flexibility index (Phi) is 5.44. The number of nitrogens with one attached hydrogen (secondary N) is 1. The number of fused-ring (bicyclic) bond motifs is 4. The minimum absolute atomic E-state index is 0.00371. The maximum Gasteiger partial charge on any atom is 0.246 e. The van der Waals surface area contributed by atoms with Gasteiger partial charge in [0.1, 0.15) is 18.3 Å². The van der Waals surface area contributed by atoms with Gasteiger partial charge in [0.2, 0.25) is 11.8 Å². The van der Waals surface area contributed by atoms with Gasteiger partial charge in [-0.2, -0.15) is 0 Å². The standard InChI is InChI=1S/C28H27N3O5/c1-3-35-23-11-10-17(13-24(23)34-2)27-26-20(19-8-4-5-9-21(19)29-26)14-22-28(33)30(16-25(32)31(22)27)15-18-7-6-12-36-18/h4-13,22,27,29H,3,14-16H2,1-2H3/t22-,27+/m0/s1. The lowest BCUT2D eigenvalue weighted by Crippen LogP contribution is -2.62. The van der Waals surface area contributed by atoms with Gasteiger partial charge in [-0.15, -0.1) is 0 Å². The van der Waals surface area contributed by atoms with Crippen molar-refractivity contribution >= 4 is 22.7 Å². The SMILES string of the molecule is CCOc1ccc([C@@H]2c3[nH]c4ccccc4c3C[C@H]3C(=O)N(Cc4ccco4)CC(=O)N23)cc1OC. The smallest absolute Gasteiger partial charge is 0.246 e. The first-order valence-corrected chi connectivity index (χ1v) is 12.1. The number of piperazine rings is 1. The molecule has 6 rings (SSSR count). The highest BCUT2D eigenvalue weighted by molar-refractivity contribution is 5.97. The number of aromatic amines is 1. The largest absolute Gasteiger partial charge is 0.493 e. The Labute approximate surface area is 208 Å². The molecule has 184 valence electrons. The van der Waals surface area contributed by atoms with Crippen molar-refractivity contribution in [2.45, 2.75) is 32.0 Å². The average Bonchev–Trinajstić information content (AvgIpc) is 3.54. The predicted molar refractivity (Wildman–Crippen MR) is 133 cm³/mol. The lowest BCUT2D eigenvalue weighted by atomic mass is 9.86. The third kappa shape index (κ3) is 3.52. The van der Waals surface area contributed by atoms with Crippen molar-refractivity contribution in [3.63, 3.8) is 0 Å². The van der Waals surface area contributed by atoms with E-state index in [1.165, 1.54) is 0 Å². The summed E-state index contributed by atoms with van der Waals surface area (Å²) in [5.41, 5.74) is 3.83. The van der Waals surface area contributed by atoms with Gasteiger partial charge in [-0.05, 0) is 48.4 Å². The van der Waals surface area contributed by atoms with Crippen LogP contribution in [0.15, 0.2) is 65.3 Å². The molecule has 2 aromatic carbocycles. The molecular formula is C28H27N3O5. The number of furan rings is 1. The summed E-state index contributed by atoms with van der Waals surface area (Å²) in [5, 5.41) is 1.07.